The van der Waals surface area contributed by atoms with E-state index in [1.165, 1.54) is 17.5 Å². The van der Waals surface area contributed by atoms with E-state index in [2.05, 4.69) is 39.2 Å². The van der Waals surface area contributed by atoms with E-state index in [1.54, 1.807) is 10.9 Å². The van der Waals surface area contributed by atoms with Crippen molar-refractivity contribution in [3.63, 3.8) is 0 Å². The molecule has 2 atom stereocenters. The largest absolute Gasteiger partial charge is 0.334 e. The lowest BCUT2D eigenvalue weighted by molar-refractivity contribution is 0.0581. The topological polar surface area (TPSA) is 41.4 Å². The summed E-state index contributed by atoms with van der Waals surface area (Å²) in [5.41, 5.74) is 3.75. The minimum atomic E-state index is 0.157. The van der Waals surface area contributed by atoms with E-state index in [0.29, 0.717) is 18.0 Å². The summed E-state index contributed by atoms with van der Waals surface area (Å²) < 4.78 is 1.71. The van der Waals surface area contributed by atoms with Crippen LogP contribution in [-0.2, 0) is 19.9 Å². The number of hydrogen-bond donors (Lipinski definition) is 0. The van der Waals surface area contributed by atoms with Gasteiger partial charge < -0.3 is 4.90 Å². The third-order valence-electron chi connectivity index (χ3n) is 6.50. The summed E-state index contributed by atoms with van der Waals surface area (Å²) in [4.78, 5) is 17.8. The number of hydrogen-bond acceptors (Lipinski definition) is 3. The van der Waals surface area contributed by atoms with E-state index in [-0.39, 0.29) is 5.91 Å². The van der Waals surface area contributed by atoms with Crippen LogP contribution < -0.4 is 0 Å². The number of aryl methyl sites for hydroxylation is 1. The van der Waals surface area contributed by atoms with Crippen LogP contribution >= 0.6 is 0 Å². The van der Waals surface area contributed by atoms with Crippen molar-refractivity contribution in [1.82, 2.24) is 19.6 Å². The molecule has 2 bridgehead atoms. The summed E-state index contributed by atoms with van der Waals surface area (Å²) in [5.74, 6) is 0.752. The Balaban J connectivity index is 1.34. The smallest absolute Gasteiger partial charge is 0.257 e. The van der Waals surface area contributed by atoms with E-state index in [1.807, 2.05) is 13.2 Å². The summed E-state index contributed by atoms with van der Waals surface area (Å²) in [6.07, 6.45) is 8.24. The molecule has 1 aromatic heterocycles. The number of carbonyl (C=O) groups excluding carboxylic acids is 1. The van der Waals surface area contributed by atoms with Crippen LogP contribution in [0.3, 0.4) is 0 Å². The number of benzene rings is 1. The Morgan fingerprint density at radius 3 is 2.50 bits per heavy atom. The quantitative estimate of drug-likeness (QED) is 0.833. The van der Waals surface area contributed by atoms with Crippen molar-refractivity contribution in [3.8, 4) is 0 Å². The third-order valence-corrected chi connectivity index (χ3v) is 6.50. The fourth-order valence-corrected chi connectivity index (χ4v) is 5.16. The number of rotatable bonds is 2. The molecule has 0 unspecified atom stereocenters. The van der Waals surface area contributed by atoms with Crippen LogP contribution in [0.15, 0.2) is 36.7 Å². The lowest BCUT2D eigenvalue weighted by Gasteiger charge is -2.36. The van der Waals surface area contributed by atoms with Crippen molar-refractivity contribution in [2.24, 2.45) is 13.0 Å². The zero-order valence-electron chi connectivity index (χ0n) is 15.3. The summed E-state index contributed by atoms with van der Waals surface area (Å²) in [6.45, 7) is 3.04. The van der Waals surface area contributed by atoms with Crippen LogP contribution in [0.1, 0.15) is 34.3 Å². The van der Waals surface area contributed by atoms with Gasteiger partial charge in [0, 0.05) is 45.0 Å². The van der Waals surface area contributed by atoms with Crippen molar-refractivity contribution >= 4 is 5.91 Å². The van der Waals surface area contributed by atoms with Gasteiger partial charge in [-0.2, -0.15) is 5.10 Å². The maximum atomic E-state index is 13.0. The van der Waals surface area contributed by atoms with E-state index in [0.717, 1.165) is 44.5 Å². The molecular weight excluding hydrogens is 324 g/mol. The number of aromatic nitrogens is 2. The Morgan fingerprint density at radius 2 is 1.81 bits per heavy atom. The summed E-state index contributed by atoms with van der Waals surface area (Å²) in [7, 11) is 1.87. The first-order chi connectivity index (χ1) is 12.7. The van der Waals surface area contributed by atoms with Crippen LogP contribution in [0.25, 0.3) is 0 Å². The molecular formula is C21H26N4O. The highest BCUT2D eigenvalue weighted by Crippen LogP contribution is 2.33. The van der Waals surface area contributed by atoms with Crippen LogP contribution in [0.2, 0.25) is 0 Å². The standard InChI is InChI=1S/C21H26N4O/c1-23-13-18(10-22-23)21(26)25-12-15-6-7-19(25)14-24(11-15)20-8-16-4-2-3-5-17(16)9-20/h2-5,10,13,15,19-20H,6-9,11-12,14H2,1H3/t15-,19+/m0/s1. The molecule has 136 valence electrons. The Bertz CT molecular complexity index is 804. The SMILES string of the molecule is Cn1cc(C(=O)N2C[C@H]3CC[C@@H]2CN(C2Cc4ccccc4C2)C3)cn1. The molecule has 1 amide bonds. The first-order valence-corrected chi connectivity index (χ1v) is 9.78. The Hall–Kier alpha value is -2.14. The highest BCUT2D eigenvalue weighted by Gasteiger charge is 2.40. The normalized spacial score (nSPS) is 26.1. The molecule has 3 saturated heterocycles. The zero-order chi connectivity index (χ0) is 17.7. The second kappa shape index (κ2) is 6.23. The maximum absolute atomic E-state index is 13.0. The van der Waals surface area contributed by atoms with Gasteiger partial charge in [-0.3, -0.25) is 14.4 Å². The van der Waals surface area contributed by atoms with Crippen molar-refractivity contribution in [2.75, 3.05) is 19.6 Å². The monoisotopic (exact) mass is 350 g/mol. The molecule has 0 saturated carbocycles. The number of amides is 1. The van der Waals surface area contributed by atoms with Crippen LogP contribution in [0.4, 0.5) is 0 Å². The number of piperidine rings is 1. The molecule has 5 nitrogen and oxygen atoms in total. The Morgan fingerprint density at radius 1 is 1.04 bits per heavy atom. The molecule has 4 aliphatic rings. The first-order valence-electron chi connectivity index (χ1n) is 9.78. The van der Waals surface area contributed by atoms with E-state index in [4.69, 9.17) is 0 Å². The van der Waals surface area contributed by atoms with Crippen LogP contribution in [-0.4, -0.2) is 57.2 Å². The number of carbonyl (C=O) groups is 1. The van der Waals surface area contributed by atoms with Gasteiger partial charge in [0.15, 0.2) is 0 Å². The van der Waals surface area contributed by atoms with E-state index in [9.17, 15) is 4.79 Å². The highest BCUT2D eigenvalue weighted by atomic mass is 16.2. The Labute approximate surface area is 154 Å². The van der Waals surface area contributed by atoms with Crippen molar-refractivity contribution in [3.05, 3.63) is 53.3 Å². The van der Waals surface area contributed by atoms with Gasteiger partial charge in [-0.15, -0.1) is 0 Å². The van der Waals surface area contributed by atoms with Crippen molar-refractivity contribution < 1.29 is 4.79 Å². The average Bonchev–Trinajstić information content (AvgIpc) is 3.17. The molecule has 4 heterocycles. The number of nitrogens with zero attached hydrogens (tertiary/aromatic N) is 4. The molecule has 1 aliphatic carbocycles. The predicted molar refractivity (Wildman–Crippen MR) is 100.0 cm³/mol. The van der Waals surface area contributed by atoms with Crippen molar-refractivity contribution in [1.29, 1.82) is 0 Å². The van der Waals surface area contributed by atoms with Crippen molar-refractivity contribution in [2.45, 2.75) is 37.8 Å². The van der Waals surface area contributed by atoms with Gasteiger partial charge >= 0.3 is 0 Å². The molecule has 3 aliphatic heterocycles. The van der Waals surface area contributed by atoms with Gasteiger partial charge in [0.25, 0.3) is 5.91 Å². The maximum Gasteiger partial charge on any atom is 0.257 e. The van der Waals surface area contributed by atoms with Gasteiger partial charge in [-0.1, -0.05) is 24.3 Å². The van der Waals surface area contributed by atoms with Crippen LogP contribution in [0, 0.1) is 5.92 Å². The Kier molecular flexibility index (Phi) is 3.85. The molecule has 0 N–H and O–H groups in total. The summed E-state index contributed by atoms with van der Waals surface area (Å²) in [5, 5.41) is 4.18. The van der Waals surface area contributed by atoms with Gasteiger partial charge in [0.05, 0.1) is 11.8 Å². The average molecular weight is 350 g/mol. The molecule has 5 heteroatoms. The van der Waals surface area contributed by atoms with E-state index >= 15 is 0 Å². The molecule has 6 rings (SSSR count). The predicted octanol–water partition coefficient (Wildman–Crippen LogP) is 2.12. The van der Waals surface area contributed by atoms with Gasteiger partial charge in [0.1, 0.15) is 0 Å². The minimum Gasteiger partial charge on any atom is -0.334 e. The zero-order valence-corrected chi connectivity index (χ0v) is 15.3. The van der Waals surface area contributed by atoms with Crippen LogP contribution in [0.5, 0.6) is 0 Å². The molecule has 2 aromatic rings. The van der Waals surface area contributed by atoms with Gasteiger partial charge in [-0.25, -0.2) is 0 Å². The summed E-state index contributed by atoms with van der Waals surface area (Å²) in [6, 6.07) is 9.80. The second-order valence-electron chi connectivity index (χ2n) is 8.24. The molecule has 0 radical (unpaired) electrons. The molecule has 3 fully saturated rings. The molecule has 1 aromatic carbocycles. The summed E-state index contributed by atoms with van der Waals surface area (Å²) >= 11 is 0. The minimum absolute atomic E-state index is 0.157. The lowest BCUT2D eigenvalue weighted by atomic mass is 9.94. The first kappa shape index (κ1) is 16.1. The van der Waals surface area contributed by atoms with E-state index < -0.39 is 0 Å². The van der Waals surface area contributed by atoms with Gasteiger partial charge in [0.2, 0.25) is 0 Å². The highest BCUT2D eigenvalue weighted by molar-refractivity contribution is 5.94. The third kappa shape index (κ3) is 2.75. The van der Waals surface area contributed by atoms with Gasteiger partial charge in [-0.05, 0) is 42.7 Å². The fraction of sp³-hybridized carbons (Fsp3) is 0.524. The lowest BCUT2D eigenvalue weighted by Crippen LogP contribution is -2.48. The second-order valence-corrected chi connectivity index (χ2v) is 8.24. The number of fused-ring (bicyclic) bond motifs is 5. The fourth-order valence-electron chi connectivity index (χ4n) is 5.16. The molecule has 26 heavy (non-hydrogen) atoms. The molecule has 0 spiro atoms.